The first-order valence-electron chi connectivity index (χ1n) is 9.39. The second-order valence-electron chi connectivity index (χ2n) is 7.42. The summed E-state index contributed by atoms with van der Waals surface area (Å²) < 4.78 is 71.9. The monoisotopic (exact) mass is 491 g/mol. The van der Waals surface area contributed by atoms with E-state index in [0.29, 0.717) is 11.8 Å². The molecule has 0 radical (unpaired) electrons. The molecule has 1 fully saturated rings. The Bertz CT molecular complexity index is 1080. The zero-order chi connectivity index (χ0) is 24.6. The summed E-state index contributed by atoms with van der Waals surface area (Å²) in [5.74, 6) is -6.17. The lowest BCUT2D eigenvalue weighted by Crippen LogP contribution is -2.37. The Morgan fingerprint density at radius 1 is 1.27 bits per heavy atom. The van der Waals surface area contributed by atoms with Crippen molar-refractivity contribution in [2.45, 2.75) is 35.4 Å². The molecular weight excluding hydrogens is 473 g/mol. The van der Waals surface area contributed by atoms with E-state index < -0.39 is 57.7 Å². The molecule has 0 aliphatic carbocycles. The number of carbonyl (C=O) groups excluding carboxylic acids is 2. The minimum Gasteiger partial charge on any atom is -0.493 e. The second-order valence-corrected chi connectivity index (χ2v) is 9.07. The van der Waals surface area contributed by atoms with Crippen molar-refractivity contribution in [3.8, 4) is 5.75 Å². The van der Waals surface area contributed by atoms with Gasteiger partial charge >= 0.3 is 6.18 Å². The molecule has 1 saturated heterocycles. The van der Waals surface area contributed by atoms with Gasteiger partial charge in [0.25, 0.3) is 5.91 Å². The summed E-state index contributed by atoms with van der Waals surface area (Å²) in [7, 11) is 1.05. The fourth-order valence-corrected chi connectivity index (χ4v) is 5.12. The molecule has 1 aliphatic rings. The molecule has 3 N–H and O–H groups in total. The summed E-state index contributed by atoms with van der Waals surface area (Å²) in [6.07, 6.45) is -4.13. The van der Waals surface area contributed by atoms with E-state index in [2.05, 4.69) is 10.3 Å². The fourth-order valence-electron chi connectivity index (χ4n) is 3.58. The van der Waals surface area contributed by atoms with Crippen LogP contribution in [0.15, 0.2) is 30.5 Å². The van der Waals surface area contributed by atoms with E-state index in [-0.39, 0.29) is 16.9 Å². The molecule has 7 nitrogen and oxygen atoms in total. The zero-order valence-electron chi connectivity index (χ0n) is 17.2. The quantitative estimate of drug-likeness (QED) is 0.332. The number of rotatable bonds is 5. The zero-order valence-corrected chi connectivity index (χ0v) is 18.0. The number of hydroxylamine groups is 1. The topological polar surface area (TPSA) is 101 Å². The lowest BCUT2D eigenvalue weighted by Gasteiger charge is -2.26. The molecule has 2 heterocycles. The molecule has 0 unspecified atom stereocenters. The van der Waals surface area contributed by atoms with Crippen LogP contribution < -0.4 is 15.5 Å². The maximum atomic E-state index is 14.3. The first-order chi connectivity index (χ1) is 15.4. The summed E-state index contributed by atoms with van der Waals surface area (Å²) in [5.41, 5.74) is 1.07. The number of benzene rings is 1. The van der Waals surface area contributed by atoms with Crippen molar-refractivity contribution in [1.29, 1.82) is 0 Å². The molecule has 1 aromatic heterocycles. The van der Waals surface area contributed by atoms with Gasteiger partial charge in [0.15, 0.2) is 11.6 Å². The Labute approximate surface area is 188 Å². The van der Waals surface area contributed by atoms with Crippen molar-refractivity contribution < 1.29 is 41.5 Å². The van der Waals surface area contributed by atoms with Gasteiger partial charge in [0, 0.05) is 23.4 Å². The summed E-state index contributed by atoms with van der Waals surface area (Å²) in [6, 6.07) is 4.26. The van der Waals surface area contributed by atoms with Crippen LogP contribution >= 0.6 is 11.8 Å². The molecule has 13 heteroatoms. The number of nitrogens with zero attached hydrogens (tertiary/aromatic N) is 1. The molecule has 0 spiro atoms. The standard InChI is InChI=1S/C20H18F5N3O4S/c1-19(20(23,24)25)8-11(10-3-4-12(21)14(22)15(10)32-2)16(33-19)18(30)27-9-5-6-26-13(7-9)17(29)28-31/h3-7,11,16,31H,8H2,1-2H3,(H,28,29)(H,26,27,30)/t11-,16+,19+/m0/s1. The number of anilines is 1. The lowest BCUT2D eigenvalue weighted by molar-refractivity contribution is -0.155. The summed E-state index contributed by atoms with van der Waals surface area (Å²) >= 11 is 0.351. The van der Waals surface area contributed by atoms with Gasteiger partial charge in [-0.25, -0.2) is 9.87 Å². The van der Waals surface area contributed by atoms with Crippen LogP contribution in [-0.4, -0.2) is 45.3 Å². The average molecular weight is 491 g/mol. The third kappa shape index (κ3) is 4.74. The summed E-state index contributed by atoms with van der Waals surface area (Å²) in [4.78, 5) is 28.3. The maximum absolute atomic E-state index is 14.3. The van der Waals surface area contributed by atoms with E-state index in [1.54, 1.807) is 0 Å². The summed E-state index contributed by atoms with van der Waals surface area (Å²) in [6.45, 7) is 0.931. The number of ether oxygens (including phenoxy) is 1. The number of amides is 2. The predicted molar refractivity (Wildman–Crippen MR) is 108 cm³/mol. The summed E-state index contributed by atoms with van der Waals surface area (Å²) in [5, 5.41) is 9.77. The molecule has 2 aromatic rings. The van der Waals surface area contributed by atoms with E-state index in [9.17, 15) is 31.5 Å². The van der Waals surface area contributed by atoms with E-state index >= 15 is 0 Å². The molecule has 1 aliphatic heterocycles. The second kappa shape index (κ2) is 9.14. The van der Waals surface area contributed by atoms with Crippen molar-refractivity contribution in [1.82, 2.24) is 10.5 Å². The Balaban J connectivity index is 2.00. The van der Waals surface area contributed by atoms with Crippen molar-refractivity contribution in [3.63, 3.8) is 0 Å². The third-order valence-electron chi connectivity index (χ3n) is 5.27. The van der Waals surface area contributed by atoms with Gasteiger partial charge in [-0.3, -0.25) is 19.8 Å². The van der Waals surface area contributed by atoms with E-state index in [0.717, 1.165) is 38.4 Å². The number of nitrogens with one attached hydrogen (secondary N) is 2. The predicted octanol–water partition coefficient (Wildman–Crippen LogP) is 4.04. The van der Waals surface area contributed by atoms with Crippen molar-refractivity contribution in [3.05, 3.63) is 53.4 Å². The number of hydrogen-bond acceptors (Lipinski definition) is 6. The molecule has 1 aromatic carbocycles. The Hall–Kier alpha value is -2.93. The highest BCUT2D eigenvalue weighted by molar-refractivity contribution is 8.02. The highest BCUT2D eigenvalue weighted by Gasteiger charge is 2.60. The SMILES string of the molecule is COc1c([C@@H]2C[C@](C)(C(F)(F)F)S[C@H]2C(=O)Nc2ccnc(C(=O)NO)c2)ccc(F)c1F. The Morgan fingerprint density at radius 2 is 1.97 bits per heavy atom. The number of halogens is 5. The number of thioether (sulfide) groups is 1. The minimum atomic E-state index is -4.69. The van der Waals surface area contributed by atoms with Crippen LogP contribution in [0.25, 0.3) is 0 Å². The van der Waals surface area contributed by atoms with Crippen LogP contribution in [0.5, 0.6) is 5.75 Å². The van der Waals surface area contributed by atoms with Gasteiger partial charge < -0.3 is 10.1 Å². The van der Waals surface area contributed by atoms with Gasteiger partial charge in [0.2, 0.25) is 11.7 Å². The highest BCUT2D eigenvalue weighted by atomic mass is 32.2. The Morgan fingerprint density at radius 3 is 2.58 bits per heavy atom. The molecule has 33 heavy (non-hydrogen) atoms. The number of methoxy groups -OCH3 is 1. The van der Waals surface area contributed by atoms with E-state index in [4.69, 9.17) is 9.94 Å². The molecule has 0 bridgehead atoms. The van der Waals surface area contributed by atoms with E-state index in [1.807, 2.05) is 0 Å². The van der Waals surface area contributed by atoms with E-state index in [1.165, 1.54) is 11.5 Å². The maximum Gasteiger partial charge on any atom is 0.403 e. The molecule has 2 amide bonds. The molecule has 3 atom stereocenters. The van der Waals surface area contributed by atoms with Crippen LogP contribution in [0.1, 0.15) is 35.3 Å². The minimum absolute atomic E-state index is 0.0332. The third-order valence-corrected chi connectivity index (χ3v) is 6.98. The highest BCUT2D eigenvalue weighted by Crippen LogP contribution is 2.59. The molecular formula is C20H18F5N3O4S. The molecule has 3 rings (SSSR count). The number of aromatic nitrogens is 1. The first-order valence-corrected chi connectivity index (χ1v) is 10.3. The number of carbonyl (C=O) groups is 2. The number of alkyl halides is 3. The normalized spacial score (nSPS) is 22.7. The van der Waals surface area contributed by atoms with Gasteiger partial charge in [-0.05, 0) is 31.5 Å². The average Bonchev–Trinajstić information content (AvgIpc) is 3.14. The van der Waals surface area contributed by atoms with Gasteiger partial charge in [-0.1, -0.05) is 6.07 Å². The van der Waals surface area contributed by atoms with Crippen LogP contribution in [0.4, 0.5) is 27.6 Å². The van der Waals surface area contributed by atoms with Crippen LogP contribution in [-0.2, 0) is 4.79 Å². The Kier molecular flexibility index (Phi) is 6.84. The van der Waals surface area contributed by atoms with Gasteiger partial charge in [0.1, 0.15) is 10.4 Å². The van der Waals surface area contributed by atoms with Gasteiger partial charge in [-0.15, -0.1) is 11.8 Å². The number of pyridine rings is 1. The lowest BCUT2D eigenvalue weighted by atomic mass is 9.85. The largest absolute Gasteiger partial charge is 0.493 e. The van der Waals surface area contributed by atoms with Gasteiger partial charge in [-0.2, -0.15) is 17.6 Å². The first kappa shape index (κ1) is 24.7. The fraction of sp³-hybridized carbons (Fsp3) is 0.350. The van der Waals surface area contributed by atoms with Gasteiger partial charge in [0.05, 0.1) is 12.4 Å². The van der Waals surface area contributed by atoms with Crippen LogP contribution in [0.2, 0.25) is 0 Å². The smallest absolute Gasteiger partial charge is 0.403 e. The molecule has 0 saturated carbocycles. The van der Waals surface area contributed by atoms with Crippen molar-refractivity contribution in [2.75, 3.05) is 12.4 Å². The molecule has 178 valence electrons. The van der Waals surface area contributed by atoms with Crippen LogP contribution in [0, 0.1) is 11.6 Å². The van der Waals surface area contributed by atoms with Crippen molar-refractivity contribution in [2.24, 2.45) is 0 Å². The number of hydrogen-bond donors (Lipinski definition) is 3. The van der Waals surface area contributed by atoms with Crippen molar-refractivity contribution >= 4 is 29.3 Å². The van der Waals surface area contributed by atoms with Crippen LogP contribution in [0.3, 0.4) is 0 Å².